The van der Waals surface area contributed by atoms with Gasteiger partial charge in [-0.2, -0.15) is 4.98 Å². The minimum absolute atomic E-state index is 0. The van der Waals surface area contributed by atoms with Gasteiger partial charge in [0.15, 0.2) is 0 Å². The summed E-state index contributed by atoms with van der Waals surface area (Å²) in [6.45, 7) is 1.67. The number of halogens is 1. The van der Waals surface area contributed by atoms with Gasteiger partial charge in [-0.1, -0.05) is 5.16 Å². The van der Waals surface area contributed by atoms with E-state index in [-0.39, 0.29) is 24.2 Å². The van der Waals surface area contributed by atoms with Crippen molar-refractivity contribution in [2.75, 3.05) is 18.4 Å². The van der Waals surface area contributed by atoms with E-state index in [1.165, 1.54) is 6.39 Å². The minimum Gasteiger partial charge on any atom is -0.342 e. The van der Waals surface area contributed by atoms with E-state index in [4.69, 9.17) is 4.52 Å². The first kappa shape index (κ1) is 14.5. The Morgan fingerprint density at radius 2 is 2.15 bits per heavy atom. The zero-order valence-electron chi connectivity index (χ0n) is 10.7. The third-order valence-electron chi connectivity index (χ3n) is 3.20. The maximum absolute atomic E-state index is 11.9. The summed E-state index contributed by atoms with van der Waals surface area (Å²) in [5, 5.41) is 9.85. The van der Waals surface area contributed by atoms with Crippen LogP contribution in [0.4, 0.5) is 5.69 Å². The van der Waals surface area contributed by atoms with E-state index >= 15 is 0 Å². The summed E-state index contributed by atoms with van der Waals surface area (Å²) in [5.74, 6) is 0.673. The highest BCUT2D eigenvalue weighted by atomic mass is 35.5. The number of hydrogen-bond donors (Lipinski definition) is 2. The summed E-state index contributed by atoms with van der Waals surface area (Å²) in [6.07, 6.45) is 2.19. The Morgan fingerprint density at radius 3 is 2.75 bits per heavy atom. The molecule has 0 spiro atoms. The molecule has 1 unspecified atom stereocenters. The molecule has 3 rings (SSSR count). The lowest BCUT2D eigenvalue weighted by molar-refractivity contribution is -0.119. The smallest absolute Gasteiger partial charge is 0.228 e. The SMILES string of the molecule is Cl.O=C(Nc1ccc(-c2ncon2)cc1)C1CCNC1. The number of carbonyl (C=O) groups is 1. The van der Waals surface area contributed by atoms with Gasteiger partial charge in [0.05, 0.1) is 5.92 Å². The van der Waals surface area contributed by atoms with Crippen molar-refractivity contribution in [3.05, 3.63) is 30.7 Å². The fraction of sp³-hybridized carbons (Fsp3) is 0.308. The van der Waals surface area contributed by atoms with E-state index in [0.29, 0.717) is 5.82 Å². The van der Waals surface area contributed by atoms with Crippen LogP contribution in [0, 0.1) is 5.92 Å². The summed E-state index contributed by atoms with van der Waals surface area (Å²) in [6, 6.07) is 7.39. The molecule has 0 aliphatic carbocycles. The summed E-state index contributed by atoms with van der Waals surface area (Å²) >= 11 is 0. The van der Waals surface area contributed by atoms with Gasteiger partial charge in [0.1, 0.15) is 0 Å². The molecule has 2 heterocycles. The van der Waals surface area contributed by atoms with Crippen LogP contribution in [0.5, 0.6) is 0 Å². The van der Waals surface area contributed by atoms with Gasteiger partial charge >= 0.3 is 0 Å². The van der Waals surface area contributed by atoms with Gasteiger partial charge in [-0.15, -0.1) is 12.4 Å². The Balaban J connectivity index is 0.00000147. The Hall–Kier alpha value is -1.92. The first-order chi connectivity index (χ1) is 9.33. The lowest BCUT2D eigenvalue weighted by Crippen LogP contribution is -2.24. The molecule has 6 nitrogen and oxygen atoms in total. The Labute approximate surface area is 122 Å². The maximum atomic E-state index is 11.9. The predicted molar refractivity (Wildman–Crippen MR) is 76.6 cm³/mol. The van der Waals surface area contributed by atoms with E-state index in [2.05, 4.69) is 20.8 Å². The molecule has 2 aromatic rings. The van der Waals surface area contributed by atoms with E-state index in [1.807, 2.05) is 24.3 Å². The number of carbonyl (C=O) groups excluding carboxylic acids is 1. The van der Waals surface area contributed by atoms with Gasteiger partial charge in [-0.25, -0.2) is 0 Å². The fourth-order valence-electron chi connectivity index (χ4n) is 2.12. The van der Waals surface area contributed by atoms with Crippen LogP contribution in [0.25, 0.3) is 11.4 Å². The van der Waals surface area contributed by atoms with Crippen molar-refractivity contribution >= 4 is 24.0 Å². The molecule has 0 bridgehead atoms. The molecule has 1 fully saturated rings. The number of rotatable bonds is 3. The average Bonchev–Trinajstić information content (AvgIpc) is 3.13. The van der Waals surface area contributed by atoms with Crippen molar-refractivity contribution in [2.24, 2.45) is 5.92 Å². The molecule has 0 radical (unpaired) electrons. The topological polar surface area (TPSA) is 80.1 Å². The van der Waals surface area contributed by atoms with Gasteiger partial charge in [-0.05, 0) is 37.2 Å². The number of amides is 1. The quantitative estimate of drug-likeness (QED) is 0.901. The number of benzene rings is 1. The number of nitrogens with one attached hydrogen (secondary N) is 2. The summed E-state index contributed by atoms with van der Waals surface area (Å²) in [5.41, 5.74) is 1.64. The van der Waals surface area contributed by atoms with Crippen LogP contribution in [0.1, 0.15) is 6.42 Å². The normalized spacial score (nSPS) is 17.5. The third-order valence-corrected chi connectivity index (χ3v) is 3.20. The van der Waals surface area contributed by atoms with Gasteiger partial charge in [0, 0.05) is 17.8 Å². The zero-order valence-corrected chi connectivity index (χ0v) is 11.5. The van der Waals surface area contributed by atoms with Crippen LogP contribution in [0.2, 0.25) is 0 Å². The highest BCUT2D eigenvalue weighted by molar-refractivity contribution is 5.93. The molecule has 1 atom stereocenters. The number of hydrogen-bond acceptors (Lipinski definition) is 5. The number of anilines is 1. The molecule has 20 heavy (non-hydrogen) atoms. The molecular formula is C13H15ClN4O2. The van der Waals surface area contributed by atoms with Gasteiger partial charge in [0.2, 0.25) is 18.1 Å². The van der Waals surface area contributed by atoms with Crippen LogP contribution in [0.15, 0.2) is 35.2 Å². The van der Waals surface area contributed by atoms with Crippen molar-refractivity contribution < 1.29 is 9.32 Å². The minimum atomic E-state index is 0. The van der Waals surface area contributed by atoms with Crippen LogP contribution in [-0.4, -0.2) is 29.1 Å². The Morgan fingerprint density at radius 1 is 1.35 bits per heavy atom. The molecule has 7 heteroatoms. The van der Waals surface area contributed by atoms with Crippen LogP contribution in [-0.2, 0) is 4.79 Å². The Kier molecular flexibility index (Phi) is 4.70. The van der Waals surface area contributed by atoms with E-state index in [1.54, 1.807) is 0 Å². The predicted octanol–water partition coefficient (Wildman–Crippen LogP) is 1.71. The van der Waals surface area contributed by atoms with Gasteiger partial charge in [0.25, 0.3) is 0 Å². The molecule has 2 N–H and O–H groups in total. The second-order valence-electron chi connectivity index (χ2n) is 4.51. The van der Waals surface area contributed by atoms with Crippen molar-refractivity contribution in [1.29, 1.82) is 0 Å². The highest BCUT2D eigenvalue weighted by Gasteiger charge is 2.22. The van der Waals surface area contributed by atoms with E-state index in [9.17, 15) is 4.79 Å². The van der Waals surface area contributed by atoms with Crippen molar-refractivity contribution in [3.63, 3.8) is 0 Å². The molecule has 1 amide bonds. The molecule has 106 valence electrons. The third kappa shape index (κ3) is 3.15. The van der Waals surface area contributed by atoms with Gasteiger partial charge in [-0.3, -0.25) is 4.79 Å². The zero-order chi connectivity index (χ0) is 13.1. The van der Waals surface area contributed by atoms with Crippen LogP contribution < -0.4 is 10.6 Å². The molecular weight excluding hydrogens is 280 g/mol. The lowest BCUT2D eigenvalue weighted by atomic mass is 10.1. The largest absolute Gasteiger partial charge is 0.342 e. The number of aromatic nitrogens is 2. The summed E-state index contributed by atoms with van der Waals surface area (Å²) < 4.78 is 4.69. The first-order valence-electron chi connectivity index (χ1n) is 6.21. The molecule has 1 aromatic heterocycles. The first-order valence-corrected chi connectivity index (χ1v) is 6.21. The second kappa shape index (κ2) is 6.49. The highest BCUT2D eigenvalue weighted by Crippen LogP contribution is 2.18. The van der Waals surface area contributed by atoms with Crippen LogP contribution >= 0.6 is 12.4 Å². The van der Waals surface area contributed by atoms with Crippen molar-refractivity contribution in [2.45, 2.75) is 6.42 Å². The Bertz CT molecular complexity index is 550. The maximum Gasteiger partial charge on any atom is 0.228 e. The summed E-state index contributed by atoms with van der Waals surface area (Å²) in [7, 11) is 0. The average molecular weight is 295 g/mol. The van der Waals surface area contributed by atoms with E-state index in [0.717, 1.165) is 30.8 Å². The van der Waals surface area contributed by atoms with Crippen molar-refractivity contribution in [3.8, 4) is 11.4 Å². The van der Waals surface area contributed by atoms with E-state index < -0.39 is 0 Å². The van der Waals surface area contributed by atoms with Crippen molar-refractivity contribution in [1.82, 2.24) is 15.5 Å². The standard InChI is InChI=1S/C13H14N4O2.ClH/c18-13(10-5-6-14-7-10)16-11-3-1-9(2-4-11)12-15-8-19-17-12;/h1-4,8,10,14H,5-7H2,(H,16,18);1H. The molecule has 1 aromatic carbocycles. The molecule has 1 saturated heterocycles. The lowest BCUT2D eigenvalue weighted by Gasteiger charge is -2.09. The fourth-order valence-corrected chi connectivity index (χ4v) is 2.12. The molecule has 1 aliphatic heterocycles. The number of nitrogens with zero attached hydrogens (tertiary/aromatic N) is 2. The molecule has 1 aliphatic rings. The van der Waals surface area contributed by atoms with Gasteiger partial charge < -0.3 is 15.2 Å². The summed E-state index contributed by atoms with van der Waals surface area (Å²) in [4.78, 5) is 15.9. The monoisotopic (exact) mass is 294 g/mol. The molecule has 0 saturated carbocycles. The second-order valence-corrected chi connectivity index (χ2v) is 4.51. The van der Waals surface area contributed by atoms with Crippen LogP contribution in [0.3, 0.4) is 0 Å².